The zero-order chi connectivity index (χ0) is 13.1. The van der Waals surface area contributed by atoms with Gasteiger partial charge in [0.2, 0.25) is 0 Å². The third-order valence-corrected chi connectivity index (χ3v) is 4.41. The molecule has 1 unspecified atom stereocenters. The fourth-order valence-corrected chi connectivity index (χ4v) is 2.98. The Morgan fingerprint density at radius 1 is 1.28 bits per heavy atom. The molecule has 96 valence electrons. The van der Waals surface area contributed by atoms with Gasteiger partial charge in [0, 0.05) is 14.5 Å². The summed E-state index contributed by atoms with van der Waals surface area (Å²) in [5.41, 5.74) is 3.55. The van der Waals surface area contributed by atoms with Gasteiger partial charge in [0.05, 0.1) is 18.6 Å². The second-order valence-corrected chi connectivity index (χ2v) is 5.88. The second kappa shape index (κ2) is 6.04. The lowest BCUT2D eigenvalue weighted by Crippen LogP contribution is -2.22. The monoisotopic (exact) mass is 371 g/mol. The molecule has 1 N–H and O–H groups in total. The maximum atomic E-state index is 5.19. The first kappa shape index (κ1) is 13.8. The van der Waals surface area contributed by atoms with Crippen LogP contribution in [0.25, 0.3) is 0 Å². The molecule has 0 radical (unpaired) electrons. The average molecular weight is 373 g/mol. The van der Waals surface area contributed by atoms with Gasteiger partial charge < -0.3 is 9.73 Å². The number of furan rings is 1. The summed E-state index contributed by atoms with van der Waals surface area (Å²) < 4.78 is 7.41. The normalized spacial score (nSPS) is 12.7. The third kappa shape index (κ3) is 2.87. The SMILES string of the molecule is CCNC(c1ccoc1)c1cc(Br)c(C)cc1Br. The van der Waals surface area contributed by atoms with E-state index in [-0.39, 0.29) is 6.04 Å². The molecule has 0 saturated heterocycles. The van der Waals surface area contributed by atoms with Crippen molar-refractivity contribution < 1.29 is 4.42 Å². The molecule has 0 spiro atoms. The van der Waals surface area contributed by atoms with Crippen molar-refractivity contribution in [1.82, 2.24) is 5.32 Å². The van der Waals surface area contributed by atoms with E-state index < -0.39 is 0 Å². The Kier molecular flexibility index (Phi) is 4.65. The molecule has 0 amide bonds. The van der Waals surface area contributed by atoms with Crippen LogP contribution in [0.4, 0.5) is 0 Å². The number of rotatable bonds is 4. The van der Waals surface area contributed by atoms with E-state index in [1.165, 1.54) is 11.1 Å². The van der Waals surface area contributed by atoms with Crippen molar-refractivity contribution in [2.45, 2.75) is 19.9 Å². The Hall–Kier alpha value is -0.580. The first-order chi connectivity index (χ1) is 8.63. The van der Waals surface area contributed by atoms with Crippen LogP contribution in [0.1, 0.15) is 29.7 Å². The van der Waals surface area contributed by atoms with Gasteiger partial charge in [0.25, 0.3) is 0 Å². The molecule has 4 heteroatoms. The molecule has 0 aliphatic rings. The van der Waals surface area contributed by atoms with Crippen LogP contribution < -0.4 is 5.32 Å². The van der Waals surface area contributed by atoms with Gasteiger partial charge in [0.1, 0.15) is 0 Å². The molecular formula is C14H15Br2NO. The molecule has 18 heavy (non-hydrogen) atoms. The van der Waals surface area contributed by atoms with Crippen LogP contribution in [0.15, 0.2) is 44.1 Å². The Morgan fingerprint density at radius 2 is 2.06 bits per heavy atom. The summed E-state index contributed by atoms with van der Waals surface area (Å²) in [5.74, 6) is 0. The standard InChI is InChI=1S/C14H15Br2NO/c1-3-17-14(10-4-5-18-8-10)11-7-12(15)9(2)6-13(11)16/h4-8,14,17H,3H2,1-2H3. The van der Waals surface area contributed by atoms with E-state index in [2.05, 4.69) is 63.2 Å². The quantitative estimate of drug-likeness (QED) is 0.832. The molecule has 0 bridgehead atoms. The van der Waals surface area contributed by atoms with Crippen molar-refractivity contribution in [3.05, 3.63) is 56.4 Å². The molecule has 0 fully saturated rings. The summed E-state index contributed by atoms with van der Waals surface area (Å²) >= 11 is 7.24. The van der Waals surface area contributed by atoms with Crippen molar-refractivity contribution in [1.29, 1.82) is 0 Å². The fraction of sp³-hybridized carbons (Fsp3) is 0.286. The van der Waals surface area contributed by atoms with Crippen molar-refractivity contribution in [3.63, 3.8) is 0 Å². The van der Waals surface area contributed by atoms with Gasteiger partial charge in [-0.25, -0.2) is 0 Å². The maximum absolute atomic E-state index is 5.19. The van der Waals surface area contributed by atoms with Crippen LogP contribution in [-0.2, 0) is 0 Å². The minimum atomic E-state index is 0.139. The van der Waals surface area contributed by atoms with Gasteiger partial charge in [-0.3, -0.25) is 0 Å². The van der Waals surface area contributed by atoms with Crippen molar-refractivity contribution >= 4 is 31.9 Å². The summed E-state index contributed by atoms with van der Waals surface area (Å²) in [6.45, 7) is 5.08. The number of halogens is 2. The number of hydrogen-bond donors (Lipinski definition) is 1. The highest BCUT2D eigenvalue weighted by atomic mass is 79.9. The lowest BCUT2D eigenvalue weighted by Gasteiger charge is -2.19. The van der Waals surface area contributed by atoms with Gasteiger partial charge in [-0.2, -0.15) is 0 Å². The molecule has 1 aromatic heterocycles. The van der Waals surface area contributed by atoms with Crippen molar-refractivity contribution in [2.24, 2.45) is 0 Å². The summed E-state index contributed by atoms with van der Waals surface area (Å²) in [7, 11) is 0. The number of hydrogen-bond acceptors (Lipinski definition) is 2. The van der Waals surface area contributed by atoms with Crippen molar-refractivity contribution in [2.75, 3.05) is 6.54 Å². The molecule has 2 nitrogen and oxygen atoms in total. The average Bonchev–Trinajstić information content (AvgIpc) is 2.85. The van der Waals surface area contributed by atoms with Gasteiger partial charge >= 0.3 is 0 Å². The Balaban J connectivity index is 2.46. The Morgan fingerprint density at radius 3 is 2.67 bits per heavy atom. The molecule has 0 aliphatic heterocycles. The van der Waals surface area contributed by atoms with Crippen molar-refractivity contribution in [3.8, 4) is 0 Å². The summed E-state index contributed by atoms with van der Waals surface area (Å²) in [6.07, 6.45) is 3.49. The molecule has 2 aromatic rings. The largest absolute Gasteiger partial charge is 0.472 e. The zero-order valence-electron chi connectivity index (χ0n) is 10.3. The number of benzene rings is 1. The predicted octanol–water partition coefficient (Wildman–Crippen LogP) is 4.81. The molecule has 0 saturated carbocycles. The molecule has 1 heterocycles. The van der Waals surface area contributed by atoms with Crippen LogP contribution in [0.3, 0.4) is 0 Å². The van der Waals surface area contributed by atoms with E-state index in [0.717, 1.165) is 21.1 Å². The predicted molar refractivity (Wildman–Crippen MR) is 80.8 cm³/mol. The number of aryl methyl sites for hydroxylation is 1. The highest BCUT2D eigenvalue weighted by Gasteiger charge is 2.18. The lowest BCUT2D eigenvalue weighted by atomic mass is 10.00. The van der Waals surface area contributed by atoms with Crippen LogP contribution in [0.5, 0.6) is 0 Å². The molecule has 0 aliphatic carbocycles. The first-order valence-corrected chi connectivity index (χ1v) is 7.43. The number of nitrogens with one attached hydrogen (secondary N) is 1. The van der Waals surface area contributed by atoms with E-state index in [1.807, 2.05) is 6.07 Å². The zero-order valence-corrected chi connectivity index (χ0v) is 13.5. The summed E-state index contributed by atoms with van der Waals surface area (Å²) in [5, 5.41) is 3.48. The Bertz CT molecular complexity index is 523. The topological polar surface area (TPSA) is 25.2 Å². The van der Waals surface area contributed by atoms with Crippen LogP contribution in [0.2, 0.25) is 0 Å². The minimum absolute atomic E-state index is 0.139. The lowest BCUT2D eigenvalue weighted by molar-refractivity contribution is 0.552. The van der Waals surface area contributed by atoms with E-state index in [9.17, 15) is 0 Å². The van der Waals surface area contributed by atoms with E-state index in [4.69, 9.17) is 4.42 Å². The molecule has 1 aromatic carbocycles. The first-order valence-electron chi connectivity index (χ1n) is 5.84. The fourth-order valence-electron chi connectivity index (χ4n) is 1.93. The van der Waals surface area contributed by atoms with E-state index in [1.54, 1.807) is 12.5 Å². The van der Waals surface area contributed by atoms with E-state index in [0.29, 0.717) is 0 Å². The highest BCUT2D eigenvalue weighted by Crippen LogP contribution is 2.33. The maximum Gasteiger partial charge on any atom is 0.0953 e. The minimum Gasteiger partial charge on any atom is -0.472 e. The Labute approximate surface area is 124 Å². The van der Waals surface area contributed by atoms with Gasteiger partial charge in [-0.05, 0) is 42.8 Å². The smallest absolute Gasteiger partial charge is 0.0953 e. The van der Waals surface area contributed by atoms with Crippen LogP contribution in [0, 0.1) is 6.92 Å². The third-order valence-electron chi connectivity index (χ3n) is 2.87. The van der Waals surface area contributed by atoms with Gasteiger partial charge in [-0.1, -0.05) is 38.8 Å². The molecule has 1 atom stereocenters. The summed E-state index contributed by atoms with van der Waals surface area (Å²) in [4.78, 5) is 0. The van der Waals surface area contributed by atoms with Crippen LogP contribution >= 0.6 is 31.9 Å². The highest BCUT2D eigenvalue weighted by molar-refractivity contribution is 9.11. The van der Waals surface area contributed by atoms with E-state index >= 15 is 0 Å². The van der Waals surface area contributed by atoms with Crippen LogP contribution in [-0.4, -0.2) is 6.54 Å². The molecule has 2 rings (SSSR count). The second-order valence-electron chi connectivity index (χ2n) is 4.17. The van der Waals surface area contributed by atoms with Gasteiger partial charge in [-0.15, -0.1) is 0 Å². The van der Waals surface area contributed by atoms with Gasteiger partial charge in [0.15, 0.2) is 0 Å². The summed E-state index contributed by atoms with van der Waals surface area (Å²) in [6, 6.07) is 6.41. The molecular weight excluding hydrogens is 358 g/mol.